The average Bonchev–Trinajstić information content (AvgIpc) is 3.39. The number of hydrogen-bond donors (Lipinski definition) is 2. The van der Waals surface area contributed by atoms with E-state index in [2.05, 4.69) is 16.1 Å². The molecule has 0 aromatic heterocycles. The monoisotopic (exact) mass is 575 g/mol. The summed E-state index contributed by atoms with van der Waals surface area (Å²) in [5.41, 5.74) is 3.95. The van der Waals surface area contributed by atoms with E-state index >= 15 is 0 Å². The number of nitrogens with one attached hydrogen (secondary N) is 2. The molecule has 0 spiro atoms. The fraction of sp³-hybridized carbons (Fsp3) is 0.394. The Morgan fingerprint density at radius 3 is 2.17 bits per heavy atom. The Morgan fingerprint density at radius 2 is 1.49 bits per heavy atom. The number of anilines is 1. The van der Waals surface area contributed by atoms with Gasteiger partial charge in [0.1, 0.15) is 6.04 Å². The molecule has 0 unspecified atom stereocenters. The summed E-state index contributed by atoms with van der Waals surface area (Å²) in [4.78, 5) is 28.6. The van der Waals surface area contributed by atoms with Crippen molar-refractivity contribution in [2.75, 3.05) is 11.4 Å². The summed E-state index contributed by atoms with van der Waals surface area (Å²) in [5, 5.41) is 3.11. The van der Waals surface area contributed by atoms with Crippen molar-refractivity contribution in [3.8, 4) is 0 Å². The van der Waals surface area contributed by atoms with Gasteiger partial charge in [-0.1, -0.05) is 92.7 Å². The highest BCUT2D eigenvalue weighted by Gasteiger charge is 2.29. The fourth-order valence-corrected chi connectivity index (χ4v) is 6.69. The molecule has 218 valence electrons. The van der Waals surface area contributed by atoms with E-state index in [4.69, 9.17) is 0 Å². The fourth-order valence-electron chi connectivity index (χ4n) is 5.34. The van der Waals surface area contributed by atoms with Crippen LogP contribution in [0.5, 0.6) is 0 Å². The van der Waals surface area contributed by atoms with Crippen LogP contribution in [-0.4, -0.2) is 38.9 Å². The van der Waals surface area contributed by atoms with Crippen LogP contribution in [-0.2, 0) is 38.2 Å². The van der Waals surface area contributed by atoms with E-state index in [1.165, 1.54) is 5.56 Å². The van der Waals surface area contributed by atoms with Crippen LogP contribution in [0.25, 0.3) is 0 Å². The molecular formula is C33H41N3O4S. The summed E-state index contributed by atoms with van der Waals surface area (Å²) in [5.74, 6) is -0.410. The zero-order valence-corrected chi connectivity index (χ0v) is 24.8. The van der Waals surface area contributed by atoms with Gasteiger partial charge in [-0.05, 0) is 60.8 Å². The lowest BCUT2D eigenvalue weighted by atomic mass is 9.99. The van der Waals surface area contributed by atoms with Gasteiger partial charge in [0.2, 0.25) is 21.8 Å². The van der Waals surface area contributed by atoms with Crippen molar-refractivity contribution in [1.29, 1.82) is 0 Å². The van der Waals surface area contributed by atoms with Crippen molar-refractivity contribution in [3.63, 3.8) is 0 Å². The van der Waals surface area contributed by atoms with Crippen LogP contribution in [0, 0.1) is 5.92 Å². The molecule has 0 saturated carbocycles. The topological polar surface area (TPSA) is 95.6 Å². The van der Waals surface area contributed by atoms with Crippen molar-refractivity contribution in [2.45, 2.75) is 70.2 Å². The van der Waals surface area contributed by atoms with Crippen LogP contribution in [0.1, 0.15) is 56.2 Å². The average molecular weight is 576 g/mol. The number of carbonyl (C=O) groups excluding carboxylic acids is 2. The minimum absolute atomic E-state index is 0.0382. The molecule has 0 fully saturated rings. The SMILES string of the molecule is CC(C)C[C@H](NS(=O)(=O)Cc1ccccc1)C(=O)N[C@H](CCC(=O)N1CCc2ccccc21)CCc1ccccc1. The molecule has 2 atom stereocenters. The van der Waals surface area contributed by atoms with E-state index in [0.717, 1.165) is 24.1 Å². The zero-order chi connectivity index (χ0) is 29.2. The van der Waals surface area contributed by atoms with E-state index in [0.29, 0.717) is 37.8 Å². The second-order valence-electron chi connectivity index (χ2n) is 11.2. The number of rotatable bonds is 14. The number of para-hydroxylation sites is 1. The Balaban J connectivity index is 1.44. The minimum atomic E-state index is -3.75. The van der Waals surface area contributed by atoms with E-state index in [1.807, 2.05) is 73.3 Å². The Kier molecular flexibility index (Phi) is 10.7. The molecule has 0 aliphatic carbocycles. The Hall–Kier alpha value is -3.49. The predicted octanol–water partition coefficient (Wildman–Crippen LogP) is 5.01. The van der Waals surface area contributed by atoms with Crippen LogP contribution in [0.3, 0.4) is 0 Å². The van der Waals surface area contributed by atoms with Gasteiger partial charge in [0.15, 0.2) is 0 Å². The summed E-state index contributed by atoms with van der Waals surface area (Å²) in [7, 11) is -3.75. The molecule has 4 rings (SSSR count). The van der Waals surface area contributed by atoms with Crippen LogP contribution >= 0.6 is 0 Å². The van der Waals surface area contributed by atoms with Crippen LogP contribution in [0.4, 0.5) is 5.69 Å². The lowest BCUT2D eigenvalue weighted by Gasteiger charge is -2.25. The molecule has 1 heterocycles. The third-order valence-electron chi connectivity index (χ3n) is 7.41. The van der Waals surface area contributed by atoms with Crippen LogP contribution in [0.2, 0.25) is 0 Å². The summed E-state index contributed by atoms with van der Waals surface area (Å²) >= 11 is 0. The first-order valence-corrected chi connectivity index (χ1v) is 16.1. The molecule has 2 N–H and O–H groups in total. The molecule has 7 nitrogen and oxygen atoms in total. The van der Waals surface area contributed by atoms with Crippen molar-refractivity contribution in [2.24, 2.45) is 5.92 Å². The summed E-state index contributed by atoms with van der Waals surface area (Å²) in [6.07, 6.45) is 3.36. The Labute approximate surface area is 244 Å². The summed E-state index contributed by atoms with van der Waals surface area (Å²) in [6, 6.07) is 25.8. The molecule has 0 bridgehead atoms. The molecule has 0 saturated heterocycles. The number of benzene rings is 3. The van der Waals surface area contributed by atoms with Gasteiger partial charge in [0, 0.05) is 24.7 Å². The maximum absolute atomic E-state index is 13.6. The van der Waals surface area contributed by atoms with Crippen molar-refractivity contribution in [1.82, 2.24) is 10.0 Å². The van der Waals surface area contributed by atoms with E-state index < -0.39 is 16.1 Å². The third-order valence-corrected chi connectivity index (χ3v) is 8.77. The van der Waals surface area contributed by atoms with E-state index in [-0.39, 0.29) is 29.5 Å². The van der Waals surface area contributed by atoms with Crippen LogP contribution in [0.15, 0.2) is 84.9 Å². The number of nitrogens with zero attached hydrogens (tertiary/aromatic N) is 1. The molecule has 3 aromatic carbocycles. The lowest BCUT2D eigenvalue weighted by molar-refractivity contribution is -0.124. The second kappa shape index (κ2) is 14.4. The van der Waals surface area contributed by atoms with Gasteiger partial charge < -0.3 is 10.2 Å². The number of fused-ring (bicyclic) bond motifs is 1. The quantitative estimate of drug-likeness (QED) is 0.283. The second-order valence-corrected chi connectivity index (χ2v) is 13.0. The highest BCUT2D eigenvalue weighted by Crippen LogP contribution is 2.28. The number of amides is 2. The Bertz CT molecular complexity index is 1390. The largest absolute Gasteiger partial charge is 0.352 e. The van der Waals surface area contributed by atoms with Crippen molar-refractivity contribution < 1.29 is 18.0 Å². The van der Waals surface area contributed by atoms with Gasteiger partial charge in [-0.3, -0.25) is 9.59 Å². The maximum Gasteiger partial charge on any atom is 0.238 e. The number of hydrogen-bond acceptors (Lipinski definition) is 4. The molecule has 8 heteroatoms. The zero-order valence-electron chi connectivity index (χ0n) is 24.0. The molecule has 0 radical (unpaired) electrons. The van der Waals surface area contributed by atoms with E-state index in [9.17, 15) is 18.0 Å². The molecule has 2 amide bonds. The number of sulfonamides is 1. The smallest absolute Gasteiger partial charge is 0.238 e. The highest BCUT2D eigenvalue weighted by molar-refractivity contribution is 7.88. The van der Waals surface area contributed by atoms with E-state index in [1.54, 1.807) is 24.3 Å². The molecular weight excluding hydrogens is 534 g/mol. The van der Waals surface area contributed by atoms with Crippen LogP contribution < -0.4 is 14.9 Å². The molecule has 3 aromatic rings. The maximum atomic E-state index is 13.6. The van der Waals surface area contributed by atoms with Gasteiger partial charge in [-0.15, -0.1) is 0 Å². The standard InChI is InChI=1S/C33H41N3O4S/c1-25(2)23-30(35-41(39,40)24-27-13-7-4-8-14-27)33(38)34-29(18-17-26-11-5-3-6-12-26)19-20-32(37)36-22-21-28-15-9-10-16-31(28)36/h3-16,25,29-30,35H,17-24H2,1-2H3,(H,34,38)/t29-,30-/m0/s1. The normalized spacial score (nSPS) is 14.5. The predicted molar refractivity (Wildman–Crippen MR) is 164 cm³/mol. The van der Waals surface area contributed by atoms with Gasteiger partial charge in [0.25, 0.3) is 0 Å². The van der Waals surface area contributed by atoms with Gasteiger partial charge in [-0.2, -0.15) is 0 Å². The summed E-state index contributed by atoms with van der Waals surface area (Å²) in [6.45, 7) is 4.59. The third kappa shape index (κ3) is 9.26. The molecule has 41 heavy (non-hydrogen) atoms. The van der Waals surface area contributed by atoms with Crippen molar-refractivity contribution >= 4 is 27.5 Å². The van der Waals surface area contributed by atoms with Gasteiger partial charge >= 0.3 is 0 Å². The minimum Gasteiger partial charge on any atom is -0.352 e. The number of aryl methyl sites for hydroxylation is 1. The first-order chi connectivity index (χ1) is 19.7. The molecule has 1 aliphatic rings. The van der Waals surface area contributed by atoms with Gasteiger partial charge in [-0.25, -0.2) is 13.1 Å². The molecule has 1 aliphatic heterocycles. The Morgan fingerprint density at radius 1 is 0.854 bits per heavy atom. The first kappa shape index (κ1) is 30.5. The summed E-state index contributed by atoms with van der Waals surface area (Å²) < 4.78 is 28.7. The van der Waals surface area contributed by atoms with Crippen molar-refractivity contribution in [3.05, 3.63) is 102 Å². The number of carbonyl (C=O) groups is 2. The highest BCUT2D eigenvalue weighted by atomic mass is 32.2. The lowest BCUT2D eigenvalue weighted by Crippen LogP contribution is -2.50. The first-order valence-electron chi connectivity index (χ1n) is 14.5. The van der Waals surface area contributed by atoms with Gasteiger partial charge in [0.05, 0.1) is 5.75 Å².